The van der Waals surface area contributed by atoms with Gasteiger partial charge in [0.2, 0.25) is 0 Å². The summed E-state index contributed by atoms with van der Waals surface area (Å²) in [5.74, 6) is 0.872. The highest BCUT2D eigenvalue weighted by molar-refractivity contribution is 14.1. The summed E-state index contributed by atoms with van der Waals surface area (Å²) in [5, 5.41) is 6.91. The predicted octanol–water partition coefficient (Wildman–Crippen LogP) is 2.56. The van der Waals surface area contributed by atoms with Crippen LogP contribution in [0.4, 0.5) is 5.69 Å². The maximum absolute atomic E-state index is 5.31. The van der Waals surface area contributed by atoms with Crippen molar-refractivity contribution in [1.29, 1.82) is 0 Å². The fraction of sp³-hybridized carbons (Fsp3) is 0.214. The average Bonchev–Trinajstić information content (AvgIpc) is 3.21. The van der Waals surface area contributed by atoms with Crippen molar-refractivity contribution >= 4 is 28.3 Å². The Labute approximate surface area is 125 Å². The quantitative estimate of drug-likeness (QED) is 0.644. The number of methoxy groups -OCH3 is 1. The summed E-state index contributed by atoms with van der Waals surface area (Å²) < 4.78 is 6.52. The normalized spacial score (nSPS) is 20.9. The summed E-state index contributed by atoms with van der Waals surface area (Å²) in [4.78, 5) is 4.13. The minimum Gasteiger partial charge on any atom is -0.497 e. The van der Waals surface area contributed by atoms with Crippen LogP contribution in [-0.4, -0.2) is 18.6 Å². The molecular weight excluding hydrogens is 353 g/mol. The smallest absolute Gasteiger partial charge is 0.129 e. The van der Waals surface area contributed by atoms with Crippen LogP contribution >= 0.6 is 22.6 Å². The molecule has 98 valence electrons. The first-order valence-electron chi connectivity index (χ1n) is 6.01. The van der Waals surface area contributed by atoms with Crippen LogP contribution in [0.1, 0.15) is 5.56 Å². The topological polar surface area (TPSA) is 56.1 Å². The Morgan fingerprint density at radius 3 is 2.89 bits per heavy atom. The SMILES string of the molecule is COc1ccc(I)c(C2(Nc3cccnc3)CN2)c1. The van der Waals surface area contributed by atoms with Gasteiger partial charge in [0.25, 0.3) is 0 Å². The number of rotatable bonds is 4. The maximum Gasteiger partial charge on any atom is 0.129 e. The Hall–Kier alpha value is -1.34. The van der Waals surface area contributed by atoms with Crippen molar-refractivity contribution < 1.29 is 4.74 Å². The summed E-state index contributed by atoms with van der Waals surface area (Å²) in [6.07, 6.45) is 3.60. The fourth-order valence-electron chi connectivity index (χ4n) is 2.08. The van der Waals surface area contributed by atoms with E-state index < -0.39 is 0 Å². The second-order valence-corrected chi connectivity index (χ2v) is 5.63. The molecule has 2 N–H and O–H groups in total. The number of nitrogens with zero attached hydrogens (tertiary/aromatic N) is 1. The molecule has 1 aromatic heterocycles. The first-order valence-corrected chi connectivity index (χ1v) is 7.09. The van der Waals surface area contributed by atoms with Gasteiger partial charge in [-0.1, -0.05) is 0 Å². The minimum absolute atomic E-state index is 0.200. The second-order valence-electron chi connectivity index (χ2n) is 4.47. The van der Waals surface area contributed by atoms with E-state index >= 15 is 0 Å². The van der Waals surface area contributed by atoms with E-state index in [0.29, 0.717) is 0 Å². The van der Waals surface area contributed by atoms with Crippen molar-refractivity contribution in [3.8, 4) is 5.75 Å². The minimum atomic E-state index is -0.200. The molecule has 1 atom stereocenters. The molecule has 1 saturated heterocycles. The van der Waals surface area contributed by atoms with Crippen molar-refractivity contribution in [1.82, 2.24) is 10.3 Å². The molecule has 0 bridgehead atoms. The lowest BCUT2D eigenvalue weighted by Gasteiger charge is -2.19. The lowest BCUT2D eigenvalue weighted by atomic mass is 10.1. The molecule has 0 radical (unpaired) electrons. The number of nitrogens with one attached hydrogen (secondary N) is 2. The average molecular weight is 367 g/mol. The highest BCUT2D eigenvalue weighted by Crippen LogP contribution is 2.36. The standard InChI is InChI=1S/C14H14IN3O/c1-19-11-4-5-13(15)12(7-11)14(9-17-14)18-10-3-2-6-16-8-10/h2-8,17-18H,9H2,1H3. The van der Waals surface area contributed by atoms with Crippen LogP contribution in [0.2, 0.25) is 0 Å². The van der Waals surface area contributed by atoms with E-state index in [1.54, 1.807) is 13.3 Å². The molecule has 0 saturated carbocycles. The number of benzene rings is 1. The first-order chi connectivity index (χ1) is 9.23. The summed E-state index contributed by atoms with van der Waals surface area (Å²) in [7, 11) is 1.69. The van der Waals surface area contributed by atoms with Crippen LogP contribution in [0.15, 0.2) is 42.7 Å². The van der Waals surface area contributed by atoms with Crippen molar-refractivity contribution in [2.24, 2.45) is 0 Å². The van der Waals surface area contributed by atoms with E-state index in [2.05, 4.69) is 50.3 Å². The van der Waals surface area contributed by atoms with E-state index in [-0.39, 0.29) is 5.66 Å². The summed E-state index contributed by atoms with van der Waals surface area (Å²) in [5.41, 5.74) is 2.01. The van der Waals surface area contributed by atoms with Crippen LogP contribution < -0.4 is 15.4 Å². The lowest BCUT2D eigenvalue weighted by molar-refractivity contribution is 0.413. The fourth-order valence-corrected chi connectivity index (χ4v) is 2.87. The Morgan fingerprint density at radius 2 is 2.26 bits per heavy atom. The van der Waals surface area contributed by atoms with Crippen molar-refractivity contribution in [2.75, 3.05) is 19.0 Å². The van der Waals surface area contributed by atoms with Crippen molar-refractivity contribution in [3.63, 3.8) is 0 Å². The first kappa shape index (κ1) is 12.7. The molecule has 0 aliphatic carbocycles. The monoisotopic (exact) mass is 367 g/mol. The zero-order valence-electron chi connectivity index (χ0n) is 10.5. The Balaban J connectivity index is 1.93. The summed E-state index contributed by atoms with van der Waals surface area (Å²) in [6.45, 7) is 0.894. The zero-order valence-corrected chi connectivity index (χ0v) is 12.6. The molecule has 4 nitrogen and oxygen atoms in total. The molecule has 0 amide bonds. The number of anilines is 1. The number of pyridine rings is 1. The third-order valence-corrected chi connectivity index (χ3v) is 4.12. The van der Waals surface area contributed by atoms with Crippen LogP contribution in [0, 0.1) is 3.57 Å². The van der Waals surface area contributed by atoms with Crippen LogP contribution in [0.25, 0.3) is 0 Å². The molecule has 2 heterocycles. The summed E-state index contributed by atoms with van der Waals surface area (Å²) >= 11 is 2.35. The predicted molar refractivity (Wildman–Crippen MR) is 83.3 cm³/mol. The Morgan fingerprint density at radius 1 is 1.42 bits per heavy atom. The molecule has 19 heavy (non-hydrogen) atoms. The highest BCUT2D eigenvalue weighted by Gasteiger charge is 2.45. The van der Waals surface area contributed by atoms with E-state index in [0.717, 1.165) is 18.0 Å². The van der Waals surface area contributed by atoms with Gasteiger partial charge in [0.05, 0.1) is 12.8 Å². The maximum atomic E-state index is 5.31. The van der Waals surface area contributed by atoms with Gasteiger partial charge in [-0.3, -0.25) is 10.3 Å². The zero-order chi connectivity index (χ0) is 13.3. The van der Waals surface area contributed by atoms with E-state index in [4.69, 9.17) is 4.74 Å². The van der Waals surface area contributed by atoms with Gasteiger partial charge in [-0.25, -0.2) is 0 Å². The lowest BCUT2D eigenvalue weighted by Crippen LogP contribution is -2.25. The van der Waals surface area contributed by atoms with Gasteiger partial charge in [-0.15, -0.1) is 0 Å². The molecular formula is C14H14IN3O. The van der Waals surface area contributed by atoms with Gasteiger partial charge in [-0.05, 0) is 52.9 Å². The second kappa shape index (κ2) is 4.97. The third-order valence-electron chi connectivity index (χ3n) is 3.18. The number of hydrogen-bond acceptors (Lipinski definition) is 4. The van der Waals surface area contributed by atoms with Gasteiger partial charge in [0, 0.05) is 28.1 Å². The van der Waals surface area contributed by atoms with E-state index in [9.17, 15) is 0 Å². The van der Waals surface area contributed by atoms with E-state index in [1.807, 2.05) is 24.4 Å². The molecule has 1 unspecified atom stereocenters. The number of ether oxygens (including phenoxy) is 1. The molecule has 0 spiro atoms. The van der Waals surface area contributed by atoms with Crippen molar-refractivity contribution in [2.45, 2.75) is 5.66 Å². The van der Waals surface area contributed by atoms with E-state index in [1.165, 1.54) is 9.13 Å². The van der Waals surface area contributed by atoms with Gasteiger partial charge in [0.15, 0.2) is 0 Å². The van der Waals surface area contributed by atoms with Gasteiger partial charge in [-0.2, -0.15) is 0 Å². The number of hydrogen-bond donors (Lipinski definition) is 2. The Bertz CT molecular complexity index is 584. The molecule has 1 aliphatic heterocycles. The molecule has 5 heteroatoms. The molecule has 3 rings (SSSR count). The van der Waals surface area contributed by atoms with Crippen LogP contribution in [-0.2, 0) is 5.66 Å². The summed E-state index contributed by atoms with van der Waals surface area (Å²) in [6, 6.07) is 10.1. The van der Waals surface area contributed by atoms with Gasteiger partial charge < -0.3 is 10.1 Å². The molecule has 1 aliphatic rings. The Kier molecular flexibility index (Phi) is 3.32. The van der Waals surface area contributed by atoms with Crippen LogP contribution in [0.5, 0.6) is 5.75 Å². The van der Waals surface area contributed by atoms with Crippen LogP contribution in [0.3, 0.4) is 0 Å². The molecule has 1 aromatic carbocycles. The third kappa shape index (κ3) is 2.52. The number of halogens is 1. The molecule has 1 fully saturated rings. The molecule has 2 aromatic rings. The van der Waals surface area contributed by atoms with Gasteiger partial charge >= 0.3 is 0 Å². The highest BCUT2D eigenvalue weighted by atomic mass is 127. The largest absolute Gasteiger partial charge is 0.497 e. The van der Waals surface area contributed by atoms with Gasteiger partial charge in [0.1, 0.15) is 11.4 Å². The van der Waals surface area contributed by atoms with Crippen molar-refractivity contribution in [3.05, 3.63) is 51.9 Å². The number of aromatic nitrogens is 1.